The standard InChI is InChI=1S/C20H26ClNO4/c21-18-3-1-2-16(10-18)19(23)22-13-20(14-22)17(6-9-26-20)12-25-11-15-4-7-24-8-5-15/h1-3,10,15,17H,4-9,11-14H2/t17-/m1/s1. The van der Waals surface area contributed by atoms with Crippen molar-refractivity contribution < 1.29 is 19.0 Å². The molecule has 142 valence electrons. The lowest BCUT2D eigenvalue weighted by Crippen LogP contribution is -2.66. The quantitative estimate of drug-likeness (QED) is 0.789. The van der Waals surface area contributed by atoms with Crippen LogP contribution in [0.25, 0.3) is 0 Å². The maximum absolute atomic E-state index is 12.6. The van der Waals surface area contributed by atoms with Crippen LogP contribution in [-0.2, 0) is 14.2 Å². The van der Waals surface area contributed by atoms with Crippen LogP contribution in [0, 0.1) is 11.8 Å². The van der Waals surface area contributed by atoms with Gasteiger partial charge in [0, 0.05) is 42.9 Å². The Hall–Kier alpha value is -1.14. The molecule has 0 saturated carbocycles. The third-order valence-corrected chi connectivity index (χ3v) is 6.12. The number of amides is 1. The molecule has 3 heterocycles. The van der Waals surface area contributed by atoms with Gasteiger partial charge in [0.1, 0.15) is 5.60 Å². The van der Waals surface area contributed by atoms with E-state index in [1.54, 1.807) is 12.1 Å². The van der Waals surface area contributed by atoms with Crippen LogP contribution in [0.15, 0.2) is 24.3 Å². The fraction of sp³-hybridized carbons (Fsp3) is 0.650. The van der Waals surface area contributed by atoms with E-state index in [9.17, 15) is 4.79 Å². The van der Waals surface area contributed by atoms with Crippen molar-refractivity contribution in [2.75, 3.05) is 46.1 Å². The van der Waals surface area contributed by atoms with Gasteiger partial charge in [-0.05, 0) is 43.4 Å². The number of nitrogens with zero attached hydrogens (tertiary/aromatic N) is 1. The van der Waals surface area contributed by atoms with Crippen molar-refractivity contribution in [3.8, 4) is 0 Å². The van der Waals surface area contributed by atoms with Crippen molar-refractivity contribution in [1.82, 2.24) is 4.90 Å². The first-order chi connectivity index (χ1) is 12.7. The van der Waals surface area contributed by atoms with E-state index in [4.69, 9.17) is 25.8 Å². The molecule has 1 aromatic rings. The fourth-order valence-electron chi connectivity index (χ4n) is 4.21. The van der Waals surface area contributed by atoms with E-state index in [-0.39, 0.29) is 11.5 Å². The molecule has 0 N–H and O–H groups in total. The minimum atomic E-state index is -0.218. The molecule has 1 amide bonds. The molecular formula is C20H26ClNO4. The highest BCUT2D eigenvalue weighted by Crippen LogP contribution is 2.40. The monoisotopic (exact) mass is 379 g/mol. The van der Waals surface area contributed by atoms with Gasteiger partial charge in [-0.1, -0.05) is 17.7 Å². The summed E-state index contributed by atoms with van der Waals surface area (Å²) in [6.07, 6.45) is 3.19. The van der Waals surface area contributed by atoms with Crippen LogP contribution in [0.4, 0.5) is 0 Å². The molecule has 0 radical (unpaired) electrons. The third-order valence-electron chi connectivity index (χ3n) is 5.89. The number of carbonyl (C=O) groups is 1. The number of carbonyl (C=O) groups excluding carboxylic acids is 1. The molecule has 5 nitrogen and oxygen atoms in total. The summed E-state index contributed by atoms with van der Waals surface area (Å²) >= 11 is 6.00. The molecule has 0 aromatic heterocycles. The molecule has 1 atom stereocenters. The summed E-state index contributed by atoms with van der Waals surface area (Å²) in [7, 11) is 0. The van der Waals surface area contributed by atoms with Gasteiger partial charge in [0.25, 0.3) is 5.91 Å². The Morgan fingerprint density at radius 2 is 2.00 bits per heavy atom. The summed E-state index contributed by atoms with van der Waals surface area (Å²) in [5.41, 5.74) is 0.418. The molecule has 3 aliphatic heterocycles. The van der Waals surface area contributed by atoms with Crippen LogP contribution >= 0.6 is 11.6 Å². The van der Waals surface area contributed by atoms with Gasteiger partial charge in [-0.25, -0.2) is 0 Å². The summed E-state index contributed by atoms with van der Waals surface area (Å²) in [6.45, 7) is 5.27. The lowest BCUT2D eigenvalue weighted by atomic mass is 9.81. The van der Waals surface area contributed by atoms with E-state index < -0.39 is 0 Å². The van der Waals surface area contributed by atoms with Crippen LogP contribution < -0.4 is 0 Å². The maximum atomic E-state index is 12.6. The number of rotatable bonds is 5. The first kappa shape index (κ1) is 18.2. The Morgan fingerprint density at radius 3 is 2.77 bits per heavy atom. The average molecular weight is 380 g/mol. The van der Waals surface area contributed by atoms with Gasteiger partial charge in [0.2, 0.25) is 0 Å². The summed E-state index contributed by atoms with van der Waals surface area (Å²) in [6, 6.07) is 7.12. The lowest BCUT2D eigenvalue weighted by Gasteiger charge is -2.50. The Bertz CT molecular complexity index is 640. The fourth-order valence-corrected chi connectivity index (χ4v) is 4.40. The second-order valence-corrected chi connectivity index (χ2v) is 8.10. The Balaban J connectivity index is 1.28. The molecule has 0 bridgehead atoms. The van der Waals surface area contributed by atoms with Gasteiger partial charge >= 0.3 is 0 Å². The average Bonchev–Trinajstić information content (AvgIpc) is 3.05. The van der Waals surface area contributed by atoms with Gasteiger partial charge in [-0.15, -0.1) is 0 Å². The second kappa shape index (κ2) is 7.85. The molecule has 0 aliphatic carbocycles. The third kappa shape index (κ3) is 3.77. The molecule has 3 saturated heterocycles. The highest BCUT2D eigenvalue weighted by atomic mass is 35.5. The SMILES string of the molecule is O=C(c1cccc(Cl)c1)N1CC2(C1)OCC[C@@H]2COCC1CCOCC1. The van der Waals surface area contributed by atoms with Crippen LogP contribution in [0.1, 0.15) is 29.6 Å². The second-order valence-electron chi connectivity index (χ2n) is 7.66. The minimum absolute atomic E-state index is 0.0236. The predicted octanol–water partition coefficient (Wildman–Crippen LogP) is 3.01. The van der Waals surface area contributed by atoms with E-state index in [1.807, 2.05) is 17.0 Å². The van der Waals surface area contributed by atoms with Gasteiger partial charge in [-0.2, -0.15) is 0 Å². The lowest BCUT2D eigenvalue weighted by molar-refractivity contribution is -0.129. The molecule has 26 heavy (non-hydrogen) atoms. The van der Waals surface area contributed by atoms with Crippen molar-refractivity contribution in [2.45, 2.75) is 24.9 Å². The summed E-state index contributed by atoms with van der Waals surface area (Å²) in [5, 5.41) is 0.586. The zero-order chi connectivity index (χ0) is 18.0. The first-order valence-corrected chi connectivity index (χ1v) is 9.88. The largest absolute Gasteiger partial charge is 0.381 e. The van der Waals surface area contributed by atoms with Crippen LogP contribution in [0.3, 0.4) is 0 Å². The molecule has 3 aliphatic rings. The molecule has 0 unspecified atom stereocenters. The molecule has 6 heteroatoms. The highest BCUT2D eigenvalue weighted by Gasteiger charge is 2.54. The van der Waals surface area contributed by atoms with Crippen LogP contribution in [0.2, 0.25) is 5.02 Å². The summed E-state index contributed by atoms with van der Waals surface area (Å²) in [4.78, 5) is 14.5. The zero-order valence-electron chi connectivity index (χ0n) is 15.0. The first-order valence-electron chi connectivity index (χ1n) is 9.51. The van der Waals surface area contributed by atoms with Gasteiger partial charge in [-0.3, -0.25) is 4.79 Å². The highest BCUT2D eigenvalue weighted by molar-refractivity contribution is 6.30. The number of hydrogen-bond donors (Lipinski definition) is 0. The number of hydrogen-bond acceptors (Lipinski definition) is 4. The molecule has 4 rings (SSSR count). The number of ether oxygens (including phenoxy) is 3. The van der Waals surface area contributed by atoms with Gasteiger partial charge in [0.05, 0.1) is 19.7 Å². The summed E-state index contributed by atoms with van der Waals surface area (Å²) in [5.74, 6) is 1.01. The van der Waals surface area contributed by atoms with E-state index in [2.05, 4.69) is 0 Å². The van der Waals surface area contributed by atoms with E-state index in [0.717, 1.165) is 52.3 Å². The number of benzene rings is 1. The van der Waals surface area contributed by atoms with E-state index in [0.29, 0.717) is 35.5 Å². The Morgan fingerprint density at radius 1 is 1.19 bits per heavy atom. The van der Waals surface area contributed by atoms with Gasteiger partial charge in [0.15, 0.2) is 0 Å². The Kier molecular flexibility index (Phi) is 5.50. The molecule has 1 aromatic carbocycles. The predicted molar refractivity (Wildman–Crippen MR) is 98.5 cm³/mol. The van der Waals surface area contributed by atoms with Crippen molar-refractivity contribution in [2.24, 2.45) is 11.8 Å². The van der Waals surface area contributed by atoms with Crippen LogP contribution in [-0.4, -0.2) is 62.5 Å². The number of likely N-dealkylation sites (tertiary alicyclic amines) is 1. The Labute approximate surface area is 159 Å². The van der Waals surface area contributed by atoms with Gasteiger partial charge < -0.3 is 19.1 Å². The van der Waals surface area contributed by atoms with Crippen molar-refractivity contribution in [1.29, 1.82) is 0 Å². The van der Waals surface area contributed by atoms with Crippen molar-refractivity contribution in [3.05, 3.63) is 34.9 Å². The minimum Gasteiger partial charge on any atom is -0.381 e. The number of halogens is 1. The maximum Gasteiger partial charge on any atom is 0.254 e. The molecule has 3 fully saturated rings. The van der Waals surface area contributed by atoms with Crippen LogP contribution in [0.5, 0.6) is 0 Å². The van der Waals surface area contributed by atoms with Crippen molar-refractivity contribution in [3.63, 3.8) is 0 Å². The van der Waals surface area contributed by atoms with E-state index >= 15 is 0 Å². The molecular weight excluding hydrogens is 354 g/mol. The zero-order valence-corrected chi connectivity index (χ0v) is 15.7. The summed E-state index contributed by atoms with van der Waals surface area (Å²) < 4.78 is 17.5. The molecule has 1 spiro atoms. The normalized spacial score (nSPS) is 25.4. The van der Waals surface area contributed by atoms with E-state index in [1.165, 1.54) is 0 Å². The topological polar surface area (TPSA) is 48.0 Å². The van der Waals surface area contributed by atoms with Crippen molar-refractivity contribution >= 4 is 17.5 Å². The smallest absolute Gasteiger partial charge is 0.254 e.